The first kappa shape index (κ1) is 13.7. The highest BCUT2D eigenvalue weighted by Crippen LogP contribution is 2.34. The fourth-order valence-electron chi connectivity index (χ4n) is 2.49. The second-order valence-electron chi connectivity index (χ2n) is 5.15. The predicted molar refractivity (Wildman–Crippen MR) is 75.4 cm³/mol. The van der Waals surface area contributed by atoms with E-state index in [-0.39, 0.29) is 0 Å². The third-order valence-electron chi connectivity index (χ3n) is 3.87. The number of anilines is 1. The third-order valence-corrected chi connectivity index (χ3v) is 4.45. The van der Waals surface area contributed by atoms with Crippen LogP contribution in [0.5, 0.6) is 0 Å². The largest absolute Gasteiger partial charge is 0.388 e. The van der Waals surface area contributed by atoms with Crippen LogP contribution in [-0.4, -0.2) is 27.2 Å². The van der Waals surface area contributed by atoms with Crippen LogP contribution in [0, 0.1) is 5.92 Å². The topological polar surface area (TPSA) is 58.0 Å². The first-order chi connectivity index (χ1) is 8.63. The summed E-state index contributed by atoms with van der Waals surface area (Å²) in [7, 11) is 0. The van der Waals surface area contributed by atoms with Crippen LogP contribution in [0.3, 0.4) is 0 Å². The highest BCUT2D eigenvalue weighted by Gasteiger charge is 2.32. The highest BCUT2D eigenvalue weighted by molar-refractivity contribution is 9.10. The fourth-order valence-corrected chi connectivity index (χ4v) is 2.85. The van der Waals surface area contributed by atoms with Crippen LogP contribution in [0.15, 0.2) is 17.0 Å². The van der Waals surface area contributed by atoms with Gasteiger partial charge in [-0.3, -0.25) is 0 Å². The molecule has 18 heavy (non-hydrogen) atoms. The van der Waals surface area contributed by atoms with Gasteiger partial charge in [0.1, 0.15) is 12.1 Å². The molecular weight excluding hydrogens is 294 g/mol. The van der Waals surface area contributed by atoms with Crippen LogP contribution in [-0.2, 0) is 0 Å². The Labute approximate surface area is 116 Å². The summed E-state index contributed by atoms with van der Waals surface area (Å²) in [6, 6.07) is 0. The summed E-state index contributed by atoms with van der Waals surface area (Å²) >= 11 is 3.39. The second-order valence-corrected chi connectivity index (χ2v) is 6.00. The SMILES string of the molecule is CCC1CCC(O)(CNc2ncncc2Br)CC1. The van der Waals surface area contributed by atoms with Crippen molar-refractivity contribution in [1.82, 2.24) is 9.97 Å². The molecule has 0 unspecified atom stereocenters. The Morgan fingerprint density at radius 1 is 1.50 bits per heavy atom. The minimum Gasteiger partial charge on any atom is -0.388 e. The van der Waals surface area contributed by atoms with Gasteiger partial charge in [0.25, 0.3) is 0 Å². The number of halogens is 1. The van der Waals surface area contributed by atoms with E-state index in [1.807, 2.05) is 0 Å². The van der Waals surface area contributed by atoms with Gasteiger partial charge in [-0.25, -0.2) is 9.97 Å². The molecule has 1 heterocycles. The molecule has 1 aliphatic rings. The van der Waals surface area contributed by atoms with Crippen LogP contribution >= 0.6 is 15.9 Å². The van der Waals surface area contributed by atoms with Gasteiger partial charge in [0.05, 0.1) is 10.1 Å². The molecule has 4 nitrogen and oxygen atoms in total. The Morgan fingerprint density at radius 2 is 2.22 bits per heavy atom. The normalized spacial score (nSPS) is 28.1. The van der Waals surface area contributed by atoms with E-state index in [1.54, 1.807) is 6.20 Å². The molecule has 0 atom stereocenters. The summed E-state index contributed by atoms with van der Waals surface area (Å²) in [5, 5.41) is 13.7. The van der Waals surface area contributed by atoms with E-state index in [2.05, 4.69) is 38.1 Å². The average molecular weight is 314 g/mol. The van der Waals surface area contributed by atoms with Crippen LogP contribution in [0.2, 0.25) is 0 Å². The number of aromatic nitrogens is 2. The van der Waals surface area contributed by atoms with Gasteiger partial charge in [-0.15, -0.1) is 0 Å². The number of nitrogens with one attached hydrogen (secondary N) is 1. The molecule has 2 rings (SSSR count). The first-order valence-corrected chi connectivity index (χ1v) is 7.34. The van der Waals surface area contributed by atoms with E-state index in [9.17, 15) is 5.11 Å². The standard InChI is InChI=1S/C13H20BrN3O/c1-2-10-3-5-13(18,6-4-10)8-16-12-11(14)7-15-9-17-12/h7,9-10,18H,2-6,8H2,1H3,(H,15,16,17). The van der Waals surface area contributed by atoms with Crippen molar-refractivity contribution >= 4 is 21.7 Å². The van der Waals surface area contributed by atoms with Gasteiger partial charge in [0.15, 0.2) is 0 Å². The van der Waals surface area contributed by atoms with Gasteiger partial charge in [0.2, 0.25) is 0 Å². The lowest BCUT2D eigenvalue weighted by Crippen LogP contribution is -2.40. The molecule has 0 radical (unpaired) electrons. The summed E-state index contributed by atoms with van der Waals surface area (Å²) in [5.74, 6) is 1.53. The predicted octanol–water partition coefficient (Wildman–Crippen LogP) is 2.98. The Bertz CT molecular complexity index is 392. The molecule has 0 spiro atoms. The van der Waals surface area contributed by atoms with Crippen molar-refractivity contribution in [2.24, 2.45) is 5.92 Å². The van der Waals surface area contributed by atoms with E-state index in [0.29, 0.717) is 6.54 Å². The van der Waals surface area contributed by atoms with Gasteiger partial charge in [-0.2, -0.15) is 0 Å². The van der Waals surface area contributed by atoms with Crippen molar-refractivity contribution in [2.75, 3.05) is 11.9 Å². The molecule has 0 aromatic carbocycles. The maximum absolute atomic E-state index is 10.5. The molecule has 1 aliphatic carbocycles. The second kappa shape index (κ2) is 5.97. The lowest BCUT2D eigenvalue weighted by molar-refractivity contribution is 0.00222. The molecule has 5 heteroatoms. The first-order valence-electron chi connectivity index (χ1n) is 6.55. The van der Waals surface area contributed by atoms with Crippen molar-refractivity contribution in [3.8, 4) is 0 Å². The molecular formula is C13H20BrN3O. The molecule has 0 bridgehead atoms. The van der Waals surface area contributed by atoms with Crippen LogP contribution in [0.25, 0.3) is 0 Å². The minimum absolute atomic E-state index is 0.555. The Morgan fingerprint density at radius 3 is 2.83 bits per heavy atom. The third kappa shape index (κ3) is 3.42. The molecule has 2 N–H and O–H groups in total. The molecule has 0 amide bonds. The van der Waals surface area contributed by atoms with Crippen LogP contribution < -0.4 is 5.32 Å². The zero-order valence-electron chi connectivity index (χ0n) is 10.7. The Balaban J connectivity index is 1.88. The van der Waals surface area contributed by atoms with Crippen LogP contribution in [0.4, 0.5) is 5.82 Å². The lowest BCUT2D eigenvalue weighted by Gasteiger charge is -2.36. The maximum Gasteiger partial charge on any atom is 0.143 e. The van der Waals surface area contributed by atoms with Crippen molar-refractivity contribution < 1.29 is 5.11 Å². The molecule has 0 aliphatic heterocycles. The van der Waals surface area contributed by atoms with Crippen LogP contribution in [0.1, 0.15) is 39.0 Å². The monoisotopic (exact) mass is 313 g/mol. The van der Waals surface area contributed by atoms with Gasteiger partial charge in [0, 0.05) is 12.7 Å². The quantitative estimate of drug-likeness (QED) is 0.897. The Hall–Kier alpha value is -0.680. The summed E-state index contributed by atoms with van der Waals surface area (Å²) in [6.07, 6.45) is 8.43. The van der Waals surface area contributed by atoms with E-state index < -0.39 is 5.60 Å². The number of rotatable bonds is 4. The van der Waals surface area contributed by atoms with Crippen molar-refractivity contribution in [1.29, 1.82) is 0 Å². The summed E-state index contributed by atoms with van der Waals surface area (Å²) in [4.78, 5) is 8.06. The number of nitrogens with zero attached hydrogens (tertiary/aromatic N) is 2. The van der Waals surface area contributed by atoms with Crippen molar-refractivity contribution in [3.63, 3.8) is 0 Å². The molecule has 100 valence electrons. The summed E-state index contributed by atoms with van der Waals surface area (Å²) < 4.78 is 0.829. The summed E-state index contributed by atoms with van der Waals surface area (Å²) in [6.45, 7) is 2.78. The minimum atomic E-state index is -0.587. The highest BCUT2D eigenvalue weighted by atomic mass is 79.9. The lowest BCUT2D eigenvalue weighted by atomic mass is 9.78. The molecule has 1 saturated carbocycles. The zero-order chi connectivity index (χ0) is 13.0. The van der Waals surface area contributed by atoms with E-state index >= 15 is 0 Å². The average Bonchev–Trinajstić information content (AvgIpc) is 2.39. The van der Waals surface area contributed by atoms with E-state index in [0.717, 1.165) is 41.9 Å². The van der Waals surface area contributed by atoms with Gasteiger partial charge < -0.3 is 10.4 Å². The molecule has 0 saturated heterocycles. The summed E-state index contributed by atoms with van der Waals surface area (Å²) in [5.41, 5.74) is -0.587. The molecule has 1 fully saturated rings. The van der Waals surface area contributed by atoms with Crippen molar-refractivity contribution in [3.05, 3.63) is 17.0 Å². The van der Waals surface area contributed by atoms with E-state index in [1.165, 1.54) is 12.7 Å². The van der Waals surface area contributed by atoms with Gasteiger partial charge in [-0.1, -0.05) is 13.3 Å². The van der Waals surface area contributed by atoms with E-state index in [4.69, 9.17) is 0 Å². The smallest absolute Gasteiger partial charge is 0.143 e. The van der Waals surface area contributed by atoms with Gasteiger partial charge >= 0.3 is 0 Å². The number of hydrogen-bond donors (Lipinski definition) is 2. The maximum atomic E-state index is 10.5. The fraction of sp³-hybridized carbons (Fsp3) is 0.692. The Kier molecular flexibility index (Phi) is 4.56. The van der Waals surface area contributed by atoms with Crippen molar-refractivity contribution in [2.45, 2.75) is 44.6 Å². The molecule has 1 aromatic rings. The zero-order valence-corrected chi connectivity index (χ0v) is 12.3. The number of aliphatic hydroxyl groups is 1. The van der Waals surface area contributed by atoms with Gasteiger partial charge in [-0.05, 0) is 47.5 Å². The molecule has 1 aromatic heterocycles. The number of hydrogen-bond acceptors (Lipinski definition) is 4.